The minimum absolute atomic E-state index is 0.00559. The summed E-state index contributed by atoms with van der Waals surface area (Å²) in [5, 5.41) is 37.2. The highest BCUT2D eigenvalue weighted by Crippen LogP contribution is 2.62. The van der Waals surface area contributed by atoms with Gasteiger partial charge in [0.25, 0.3) is 0 Å². The molecule has 0 saturated carbocycles. The molecule has 5 aromatic heterocycles. The number of ether oxygens (including phenoxy) is 2. The molecule has 56 heavy (non-hydrogen) atoms. The first-order valence-electron chi connectivity index (χ1n) is 16.7. The Morgan fingerprint density at radius 2 is 1.07 bits per heavy atom. The Balaban J connectivity index is 1.30. The standard InChI is InChI=1S/C43H22N4O4S5/c44-19-27(20-45)15-29-11-13-32(52-29)34-17-31-38(54-34)40-37(39-36(56-40)18-35(55-39)33-14-12-30(53-33)16-28(21-46)22-47)43(31,41(48)50-23-25-7-3-1-4-8-25)42(49)51-24-26-9-5-2-6-10-26/h1-18H,23-24H2. The first kappa shape index (κ1) is 36.6. The minimum Gasteiger partial charge on any atom is -0.459 e. The second-order valence-corrected chi connectivity index (χ2v) is 17.7. The fourth-order valence-electron chi connectivity index (χ4n) is 6.36. The Hall–Kier alpha value is -6.42. The summed E-state index contributed by atoms with van der Waals surface area (Å²) in [4.78, 5) is 36.5. The van der Waals surface area contributed by atoms with Gasteiger partial charge in [0.1, 0.15) is 48.6 Å². The second kappa shape index (κ2) is 15.4. The number of allylic oxidation sites excluding steroid dienone is 2. The normalized spacial score (nSPS) is 11.9. The number of rotatable bonds is 10. The van der Waals surface area contributed by atoms with Crippen molar-refractivity contribution in [2.45, 2.75) is 18.6 Å². The van der Waals surface area contributed by atoms with Crippen molar-refractivity contribution >= 4 is 90.2 Å². The third-order valence-corrected chi connectivity index (χ3v) is 15.1. The fourth-order valence-corrected chi connectivity index (χ4v) is 12.5. The molecular weight excluding hydrogens is 797 g/mol. The highest BCUT2D eigenvalue weighted by Gasteiger charge is 2.61. The lowest BCUT2D eigenvalue weighted by atomic mass is 9.79. The molecule has 1 aliphatic rings. The van der Waals surface area contributed by atoms with Gasteiger partial charge in [-0.1, -0.05) is 60.7 Å². The number of esters is 2. The number of thiophene rings is 5. The van der Waals surface area contributed by atoms with Crippen LogP contribution in [0.3, 0.4) is 0 Å². The maximum atomic E-state index is 15.0. The van der Waals surface area contributed by atoms with Crippen LogP contribution in [0, 0.1) is 45.3 Å². The Kier molecular flexibility index (Phi) is 10.0. The maximum absolute atomic E-state index is 15.0. The Bertz CT molecular complexity index is 2830. The maximum Gasteiger partial charge on any atom is 0.333 e. The number of carbonyl (C=O) groups excluding carboxylic acids is 2. The van der Waals surface area contributed by atoms with Gasteiger partial charge in [0.05, 0.1) is 14.5 Å². The minimum atomic E-state index is -1.96. The number of hydrogen-bond donors (Lipinski definition) is 0. The molecule has 0 aliphatic heterocycles. The lowest BCUT2D eigenvalue weighted by Gasteiger charge is -2.26. The van der Waals surface area contributed by atoms with E-state index in [0.29, 0.717) is 11.1 Å². The van der Waals surface area contributed by atoms with Crippen LogP contribution in [-0.2, 0) is 37.7 Å². The molecule has 0 bridgehead atoms. The largest absolute Gasteiger partial charge is 0.459 e. The fraction of sp³-hybridized carbons (Fsp3) is 0.0698. The Morgan fingerprint density at radius 1 is 0.571 bits per heavy atom. The van der Waals surface area contributed by atoms with E-state index in [0.717, 1.165) is 59.5 Å². The van der Waals surface area contributed by atoms with E-state index >= 15 is 9.59 Å². The first-order chi connectivity index (χ1) is 27.4. The van der Waals surface area contributed by atoms with Crippen LogP contribution < -0.4 is 0 Å². The summed E-state index contributed by atoms with van der Waals surface area (Å²) >= 11 is 7.25. The summed E-state index contributed by atoms with van der Waals surface area (Å²) in [6.45, 7) is -0.116. The third-order valence-electron chi connectivity index (χ3n) is 8.91. The zero-order valence-corrected chi connectivity index (χ0v) is 32.9. The van der Waals surface area contributed by atoms with E-state index < -0.39 is 17.4 Å². The van der Waals surface area contributed by atoms with E-state index in [-0.39, 0.29) is 24.4 Å². The van der Waals surface area contributed by atoms with Gasteiger partial charge in [0.2, 0.25) is 5.41 Å². The van der Waals surface area contributed by atoms with E-state index in [9.17, 15) is 21.0 Å². The number of nitrogens with zero attached hydrogens (tertiary/aromatic N) is 4. The van der Waals surface area contributed by atoms with Gasteiger partial charge in [-0.3, -0.25) is 9.59 Å². The predicted molar refractivity (Wildman–Crippen MR) is 221 cm³/mol. The van der Waals surface area contributed by atoms with Crippen molar-refractivity contribution in [2.75, 3.05) is 0 Å². The number of fused-ring (bicyclic) bond motifs is 5. The molecule has 0 saturated heterocycles. The van der Waals surface area contributed by atoms with Gasteiger partial charge in [-0.2, -0.15) is 21.0 Å². The van der Waals surface area contributed by atoms with Gasteiger partial charge >= 0.3 is 11.9 Å². The summed E-state index contributed by atoms with van der Waals surface area (Å²) < 4.78 is 13.9. The van der Waals surface area contributed by atoms with Gasteiger partial charge < -0.3 is 9.47 Å². The average Bonchev–Trinajstić information content (AvgIpc) is 4.09. The molecule has 0 N–H and O–H groups in total. The number of nitriles is 4. The molecular formula is C43H22N4O4S5. The van der Waals surface area contributed by atoms with E-state index in [1.54, 1.807) is 6.08 Å². The smallest absolute Gasteiger partial charge is 0.333 e. The predicted octanol–water partition coefficient (Wildman–Crippen LogP) is 11.1. The van der Waals surface area contributed by atoms with Crippen LogP contribution in [-0.4, -0.2) is 11.9 Å². The highest BCUT2D eigenvalue weighted by atomic mass is 32.1. The lowest BCUT2D eigenvalue weighted by molar-refractivity contribution is -0.164. The van der Waals surface area contributed by atoms with Crippen LogP contribution in [0.25, 0.3) is 50.8 Å². The van der Waals surface area contributed by atoms with Crippen LogP contribution in [0.4, 0.5) is 0 Å². The van der Waals surface area contributed by atoms with Gasteiger partial charge in [-0.25, -0.2) is 0 Å². The molecule has 0 amide bonds. The van der Waals surface area contributed by atoms with Crippen molar-refractivity contribution < 1.29 is 19.1 Å². The van der Waals surface area contributed by atoms with E-state index in [1.807, 2.05) is 121 Å². The zero-order valence-electron chi connectivity index (χ0n) is 28.8. The van der Waals surface area contributed by atoms with Gasteiger partial charge in [0.15, 0.2) is 0 Å². The molecule has 8 nitrogen and oxygen atoms in total. The monoisotopic (exact) mass is 818 g/mol. The van der Waals surface area contributed by atoms with E-state index in [4.69, 9.17) is 9.47 Å². The SMILES string of the molecule is N#CC(C#N)=Cc1ccc(-c2cc3c(s2)-c2sc4cc(-c5ccc(C=C(C#N)C#N)s5)sc4c2C3(C(=O)OCc2ccccc2)C(=O)OCc2ccccc2)s1. The molecule has 0 radical (unpaired) electrons. The summed E-state index contributed by atoms with van der Waals surface area (Å²) in [6.07, 6.45) is 3.08. The molecule has 2 aromatic carbocycles. The van der Waals surface area contributed by atoms with Gasteiger partial charge in [-0.05, 0) is 59.7 Å². The van der Waals surface area contributed by atoms with Crippen LogP contribution in [0.2, 0.25) is 0 Å². The van der Waals surface area contributed by atoms with Crippen LogP contribution in [0.1, 0.15) is 32.0 Å². The molecule has 0 spiro atoms. The van der Waals surface area contributed by atoms with Crippen molar-refractivity contribution in [2.24, 2.45) is 0 Å². The molecule has 1 aliphatic carbocycles. The highest BCUT2D eigenvalue weighted by molar-refractivity contribution is 7.34. The van der Waals surface area contributed by atoms with Crippen molar-refractivity contribution in [3.63, 3.8) is 0 Å². The Labute approximate surface area is 340 Å². The van der Waals surface area contributed by atoms with E-state index in [2.05, 4.69) is 0 Å². The quantitative estimate of drug-likeness (QED) is 0.0752. The zero-order chi connectivity index (χ0) is 38.8. The van der Waals surface area contributed by atoms with Gasteiger partial charge in [0, 0.05) is 45.1 Å². The molecule has 0 fully saturated rings. The Morgan fingerprint density at radius 3 is 1.57 bits per heavy atom. The number of carbonyl (C=O) groups is 2. The lowest BCUT2D eigenvalue weighted by Crippen LogP contribution is -2.45. The number of benzene rings is 2. The molecule has 13 heteroatoms. The number of hydrogen-bond acceptors (Lipinski definition) is 13. The summed E-state index contributed by atoms with van der Waals surface area (Å²) in [7, 11) is 0. The first-order valence-corrected chi connectivity index (χ1v) is 20.8. The van der Waals surface area contributed by atoms with Crippen LogP contribution >= 0.6 is 56.7 Å². The molecule has 7 aromatic rings. The van der Waals surface area contributed by atoms with Crippen LogP contribution in [0.5, 0.6) is 0 Å². The van der Waals surface area contributed by atoms with E-state index in [1.165, 1.54) is 62.8 Å². The molecule has 0 unspecified atom stereocenters. The van der Waals surface area contributed by atoms with Crippen molar-refractivity contribution in [3.05, 3.63) is 140 Å². The topological polar surface area (TPSA) is 148 Å². The van der Waals surface area contributed by atoms with Gasteiger partial charge in [-0.15, -0.1) is 56.7 Å². The summed E-state index contributed by atoms with van der Waals surface area (Å²) in [5.74, 6) is -1.49. The summed E-state index contributed by atoms with van der Waals surface area (Å²) in [6, 6.07) is 37.6. The van der Waals surface area contributed by atoms with Crippen molar-refractivity contribution in [3.8, 4) is 53.5 Å². The van der Waals surface area contributed by atoms with Crippen LogP contribution in [0.15, 0.2) is 108 Å². The second-order valence-electron chi connectivity index (χ2n) is 12.3. The molecule has 0 atom stereocenters. The van der Waals surface area contributed by atoms with Crippen molar-refractivity contribution in [1.29, 1.82) is 21.0 Å². The molecule has 268 valence electrons. The average molecular weight is 819 g/mol. The molecule has 8 rings (SSSR count). The third kappa shape index (κ3) is 6.55. The van der Waals surface area contributed by atoms with Crippen molar-refractivity contribution in [1.82, 2.24) is 0 Å². The summed E-state index contributed by atoms with van der Waals surface area (Å²) in [5.41, 5.74) is 0.573. The molecule has 5 heterocycles.